The number of anilines is 1. The Kier molecular flexibility index (Phi) is 3.01. The molecule has 0 amide bonds. The summed E-state index contributed by atoms with van der Waals surface area (Å²) < 4.78 is 13.2. The molecule has 0 saturated carbocycles. The van der Waals surface area contributed by atoms with Gasteiger partial charge in [0.1, 0.15) is 5.82 Å². The topological polar surface area (TPSA) is 3.24 Å². The standard InChI is InChI=1S/C16H16FN/c17-15-7-3-5-13(11-15)14-6-4-8-16(12-14)18-9-1-2-10-18/h3-8,11-12H,1-2,9-10H2. The van der Waals surface area contributed by atoms with Gasteiger partial charge in [0.15, 0.2) is 0 Å². The molecule has 2 heteroatoms. The van der Waals surface area contributed by atoms with E-state index in [4.69, 9.17) is 0 Å². The van der Waals surface area contributed by atoms with Crippen molar-refractivity contribution < 1.29 is 4.39 Å². The maximum absolute atomic E-state index is 13.2. The number of benzene rings is 2. The van der Waals surface area contributed by atoms with E-state index in [0.29, 0.717) is 0 Å². The van der Waals surface area contributed by atoms with Crippen LogP contribution in [-0.2, 0) is 0 Å². The summed E-state index contributed by atoms with van der Waals surface area (Å²) in [6.07, 6.45) is 2.54. The molecule has 1 saturated heterocycles. The van der Waals surface area contributed by atoms with Crippen molar-refractivity contribution in [2.45, 2.75) is 12.8 Å². The first-order valence-corrected chi connectivity index (χ1v) is 6.44. The molecule has 1 fully saturated rings. The van der Waals surface area contributed by atoms with Crippen molar-refractivity contribution in [3.8, 4) is 11.1 Å². The average Bonchev–Trinajstić information content (AvgIpc) is 2.93. The van der Waals surface area contributed by atoms with E-state index in [1.807, 2.05) is 18.2 Å². The van der Waals surface area contributed by atoms with E-state index >= 15 is 0 Å². The second-order valence-electron chi connectivity index (χ2n) is 4.75. The lowest BCUT2D eigenvalue weighted by molar-refractivity contribution is 0.628. The van der Waals surface area contributed by atoms with E-state index in [-0.39, 0.29) is 5.82 Å². The third-order valence-electron chi connectivity index (χ3n) is 3.48. The van der Waals surface area contributed by atoms with Crippen LogP contribution in [0.1, 0.15) is 12.8 Å². The molecule has 2 aromatic carbocycles. The van der Waals surface area contributed by atoms with Gasteiger partial charge in [0, 0.05) is 18.8 Å². The maximum Gasteiger partial charge on any atom is 0.123 e. The van der Waals surface area contributed by atoms with Crippen LogP contribution in [0.25, 0.3) is 11.1 Å². The van der Waals surface area contributed by atoms with E-state index in [0.717, 1.165) is 24.2 Å². The zero-order valence-electron chi connectivity index (χ0n) is 10.3. The van der Waals surface area contributed by atoms with Crippen LogP contribution in [0.4, 0.5) is 10.1 Å². The van der Waals surface area contributed by atoms with Crippen LogP contribution in [0.2, 0.25) is 0 Å². The minimum Gasteiger partial charge on any atom is -0.372 e. The summed E-state index contributed by atoms with van der Waals surface area (Å²) in [4.78, 5) is 2.39. The Bertz CT molecular complexity index is 544. The van der Waals surface area contributed by atoms with Gasteiger partial charge in [0.05, 0.1) is 0 Å². The van der Waals surface area contributed by atoms with Crippen molar-refractivity contribution in [2.75, 3.05) is 18.0 Å². The van der Waals surface area contributed by atoms with Crippen LogP contribution in [0.15, 0.2) is 48.5 Å². The maximum atomic E-state index is 13.2. The summed E-state index contributed by atoms with van der Waals surface area (Å²) in [6.45, 7) is 2.26. The Hall–Kier alpha value is -1.83. The summed E-state index contributed by atoms with van der Waals surface area (Å²) in [7, 11) is 0. The van der Waals surface area contributed by atoms with Gasteiger partial charge in [-0.2, -0.15) is 0 Å². The molecule has 92 valence electrons. The molecule has 2 aromatic rings. The van der Waals surface area contributed by atoms with Crippen LogP contribution >= 0.6 is 0 Å². The first kappa shape index (κ1) is 11.3. The Labute approximate surface area is 107 Å². The number of rotatable bonds is 2. The summed E-state index contributed by atoms with van der Waals surface area (Å²) in [6, 6.07) is 15.1. The fourth-order valence-electron chi connectivity index (χ4n) is 2.53. The SMILES string of the molecule is Fc1cccc(-c2cccc(N3CCCC3)c2)c1. The molecular weight excluding hydrogens is 225 g/mol. The van der Waals surface area contributed by atoms with Crippen LogP contribution < -0.4 is 4.90 Å². The number of nitrogens with zero attached hydrogens (tertiary/aromatic N) is 1. The molecule has 18 heavy (non-hydrogen) atoms. The first-order valence-electron chi connectivity index (χ1n) is 6.44. The highest BCUT2D eigenvalue weighted by Crippen LogP contribution is 2.27. The zero-order chi connectivity index (χ0) is 12.4. The molecule has 3 rings (SSSR count). The predicted octanol–water partition coefficient (Wildman–Crippen LogP) is 4.09. The van der Waals surface area contributed by atoms with Crippen molar-refractivity contribution in [3.05, 3.63) is 54.3 Å². The van der Waals surface area contributed by atoms with Crippen LogP contribution in [0, 0.1) is 5.82 Å². The summed E-state index contributed by atoms with van der Waals surface area (Å²) in [5.74, 6) is -0.181. The molecule has 0 aliphatic carbocycles. The highest BCUT2D eigenvalue weighted by atomic mass is 19.1. The summed E-state index contributed by atoms with van der Waals surface area (Å²) in [5, 5.41) is 0. The van der Waals surface area contributed by atoms with Crippen LogP contribution in [0.3, 0.4) is 0 Å². The van der Waals surface area contributed by atoms with Gasteiger partial charge < -0.3 is 4.90 Å². The molecule has 0 N–H and O–H groups in total. The molecule has 0 atom stereocenters. The second-order valence-corrected chi connectivity index (χ2v) is 4.75. The molecular formula is C16H16FN. The summed E-state index contributed by atoms with van der Waals surface area (Å²) in [5.41, 5.74) is 3.27. The van der Waals surface area contributed by atoms with Gasteiger partial charge in [-0.3, -0.25) is 0 Å². The highest BCUT2D eigenvalue weighted by molar-refractivity contribution is 5.68. The zero-order valence-corrected chi connectivity index (χ0v) is 10.3. The van der Waals surface area contributed by atoms with E-state index in [2.05, 4.69) is 17.0 Å². The molecule has 1 nitrogen and oxygen atoms in total. The van der Waals surface area contributed by atoms with E-state index in [9.17, 15) is 4.39 Å². The highest BCUT2D eigenvalue weighted by Gasteiger charge is 2.12. The Morgan fingerprint density at radius 1 is 0.833 bits per heavy atom. The Morgan fingerprint density at radius 2 is 1.50 bits per heavy atom. The normalized spacial score (nSPS) is 15.1. The third kappa shape index (κ3) is 2.23. The number of hydrogen-bond acceptors (Lipinski definition) is 1. The minimum absolute atomic E-state index is 0.181. The first-order chi connectivity index (χ1) is 8.83. The van der Waals surface area contributed by atoms with Gasteiger partial charge in [-0.1, -0.05) is 24.3 Å². The molecule has 1 aliphatic heterocycles. The van der Waals surface area contributed by atoms with Crippen molar-refractivity contribution in [1.29, 1.82) is 0 Å². The van der Waals surface area contributed by atoms with Crippen molar-refractivity contribution in [1.82, 2.24) is 0 Å². The van der Waals surface area contributed by atoms with Crippen LogP contribution in [0.5, 0.6) is 0 Å². The minimum atomic E-state index is -0.181. The smallest absolute Gasteiger partial charge is 0.123 e. The Balaban J connectivity index is 1.95. The van der Waals surface area contributed by atoms with Crippen LogP contribution in [-0.4, -0.2) is 13.1 Å². The van der Waals surface area contributed by atoms with Gasteiger partial charge >= 0.3 is 0 Å². The van der Waals surface area contributed by atoms with Gasteiger partial charge in [0.2, 0.25) is 0 Å². The van der Waals surface area contributed by atoms with Gasteiger partial charge in [-0.15, -0.1) is 0 Å². The molecule has 0 bridgehead atoms. The van der Waals surface area contributed by atoms with Gasteiger partial charge in [-0.25, -0.2) is 4.39 Å². The van der Waals surface area contributed by atoms with Gasteiger partial charge in [-0.05, 0) is 48.2 Å². The van der Waals surface area contributed by atoms with Crippen molar-refractivity contribution in [2.24, 2.45) is 0 Å². The lowest BCUT2D eigenvalue weighted by atomic mass is 10.0. The number of halogens is 1. The second kappa shape index (κ2) is 4.81. The third-order valence-corrected chi connectivity index (χ3v) is 3.48. The lowest BCUT2D eigenvalue weighted by Gasteiger charge is -2.18. The molecule has 0 aromatic heterocycles. The molecule has 0 spiro atoms. The number of hydrogen-bond donors (Lipinski definition) is 0. The molecule has 0 unspecified atom stereocenters. The predicted molar refractivity (Wildman–Crippen MR) is 73.3 cm³/mol. The molecule has 1 heterocycles. The summed E-state index contributed by atoms with van der Waals surface area (Å²) >= 11 is 0. The van der Waals surface area contributed by atoms with E-state index < -0.39 is 0 Å². The Morgan fingerprint density at radius 3 is 2.22 bits per heavy atom. The lowest BCUT2D eigenvalue weighted by Crippen LogP contribution is -2.17. The molecule has 1 aliphatic rings. The van der Waals surface area contributed by atoms with Crippen molar-refractivity contribution in [3.63, 3.8) is 0 Å². The quantitative estimate of drug-likeness (QED) is 0.765. The fourth-order valence-corrected chi connectivity index (χ4v) is 2.53. The monoisotopic (exact) mass is 241 g/mol. The fraction of sp³-hybridized carbons (Fsp3) is 0.250. The largest absolute Gasteiger partial charge is 0.372 e. The van der Waals surface area contributed by atoms with E-state index in [1.54, 1.807) is 12.1 Å². The molecule has 0 radical (unpaired) electrons. The van der Waals surface area contributed by atoms with Crippen molar-refractivity contribution >= 4 is 5.69 Å². The van der Waals surface area contributed by atoms with Gasteiger partial charge in [0.25, 0.3) is 0 Å². The average molecular weight is 241 g/mol. The van der Waals surface area contributed by atoms with E-state index in [1.165, 1.54) is 24.6 Å².